The summed E-state index contributed by atoms with van der Waals surface area (Å²) in [5.74, 6) is -4.42. The largest absolute Gasteiger partial charge is 0.460 e. The van der Waals surface area contributed by atoms with Crippen LogP contribution in [0.3, 0.4) is 0 Å². The lowest BCUT2D eigenvalue weighted by atomic mass is 10.0. The lowest BCUT2D eigenvalue weighted by Crippen LogP contribution is -2.61. The number of hydrogen-bond donors (Lipinski definition) is 0. The molecule has 0 unspecified atom stereocenters. The summed E-state index contributed by atoms with van der Waals surface area (Å²) in [6, 6.07) is -0.926. The lowest BCUT2D eigenvalue weighted by Gasteiger charge is -2.42. The summed E-state index contributed by atoms with van der Waals surface area (Å²) in [4.78, 5) is 39.9. The van der Waals surface area contributed by atoms with E-state index in [0.29, 0.717) is 13.0 Å². The zero-order valence-electron chi connectivity index (χ0n) is 18.6. The van der Waals surface area contributed by atoms with Gasteiger partial charge in [-0.15, -0.1) is 0 Å². The third-order valence-corrected chi connectivity index (χ3v) is 5.77. The Labute approximate surface area is 176 Å². The van der Waals surface area contributed by atoms with E-state index in [0.717, 1.165) is 4.90 Å². The van der Waals surface area contributed by atoms with E-state index in [9.17, 15) is 14.4 Å². The molecule has 0 aromatic rings. The second-order valence-corrected chi connectivity index (χ2v) is 10.8. The monoisotopic (exact) mass is 425 g/mol. The van der Waals surface area contributed by atoms with Gasteiger partial charge in [-0.2, -0.15) is 0 Å². The Balaban J connectivity index is 1.66. The molecule has 4 fully saturated rings. The maximum Gasteiger partial charge on any atom is 0.417 e. The molecule has 9 heteroatoms. The number of likely N-dealkylation sites (tertiary alicyclic amines) is 1. The summed E-state index contributed by atoms with van der Waals surface area (Å²) in [5.41, 5.74) is -2.05. The van der Waals surface area contributed by atoms with Crippen LogP contribution in [0.2, 0.25) is 0 Å². The second kappa shape index (κ2) is 6.40. The smallest absolute Gasteiger partial charge is 0.417 e. The van der Waals surface area contributed by atoms with Crippen LogP contribution in [0.4, 0.5) is 4.79 Å². The number of carbonyl (C=O) groups excluding carboxylic acids is 3. The zero-order valence-corrected chi connectivity index (χ0v) is 18.6. The number of nitrogens with zero attached hydrogens (tertiary/aromatic N) is 1. The van der Waals surface area contributed by atoms with Crippen molar-refractivity contribution in [1.29, 1.82) is 0 Å². The van der Waals surface area contributed by atoms with E-state index < -0.39 is 64.5 Å². The van der Waals surface area contributed by atoms with Crippen molar-refractivity contribution in [3.05, 3.63) is 0 Å². The molecular weight excluding hydrogens is 394 g/mol. The van der Waals surface area contributed by atoms with Crippen LogP contribution in [0, 0.1) is 17.8 Å². The van der Waals surface area contributed by atoms with Gasteiger partial charge < -0.3 is 23.7 Å². The van der Waals surface area contributed by atoms with Crippen LogP contribution in [0.5, 0.6) is 0 Å². The molecular formula is C21H31NO8. The molecule has 0 spiro atoms. The van der Waals surface area contributed by atoms with E-state index in [1.54, 1.807) is 41.5 Å². The van der Waals surface area contributed by atoms with Crippen LogP contribution in [0.15, 0.2) is 0 Å². The molecule has 0 radical (unpaired) electrons. The Morgan fingerprint density at radius 3 is 2.30 bits per heavy atom. The molecule has 3 saturated heterocycles. The molecule has 168 valence electrons. The van der Waals surface area contributed by atoms with E-state index in [1.807, 2.05) is 6.92 Å². The standard InChI is InChI=1S/C21H31NO8/c1-18(2,3)28-16(24)13-11-12(13)15(23)22(17(25)29-19(4,5)6)14(11)21-26-9-8-20(7,30-21)10-27-21/h11-14H,8-10H2,1-7H3/t11-,12+,13-,14+,20-,21+/m1/s1. The average molecular weight is 425 g/mol. The average Bonchev–Trinajstić information content (AvgIpc) is 3.14. The Kier molecular flexibility index (Phi) is 4.59. The predicted molar refractivity (Wildman–Crippen MR) is 102 cm³/mol. The van der Waals surface area contributed by atoms with Crippen molar-refractivity contribution in [2.45, 2.75) is 83.7 Å². The first-order chi connectivity index (χ1) is 13.7. The van der Waals surface area contributed by atoms with Crippen LogP contribution in [-0.2, 0) is 33.3 Å². The van der Waals surface area contributed by atoms with Crippen molar-refractivity contribution < 1.29 is 38.1 Å². The molecule has 1 aliphatic carbocycles. The number of carbonyl (C=O) groups is 3. The number of piperidine rings is 1. The maximum absolute atomic E-state index is 13.2. The van der Waals surface area contributed by atoms with Gasteiger partial charge in [0, 0.05) is 12.3 Å². The number of fused-ring (bicyclic) bond motifs is 3. The first kappa shape index (κ1) is 21.5. The summed E-state index contributed by atoms with van der Waals surface area (Å²) in [5, 5.41) is 0. The molecule has 0 N–H and O–H groups in total. The Hall–Kier alpha value is -1.71. The molecule has 9 nitrogen and oxygen atoms in total. The zero-order chi connectivity index (χ0) is 22.3. The van der Waals surface area contributed by atoms with Crippen molar-refractivity contribution >= 4 is 18.0 Å². The van der Waals surface area contributed by atoms with E-state index in [1.165, 1.54) is 0 Å². The van der Waals surface area contributed by atoms with Crippen LogP contribution in [0.1, 0.15) is 54.9 Å². The van der Waals surface area contributed by atoms with Gasteiger partial charge in [-0.05, 0) is 48.5 Å². The van der Waals surface area contributed by atoms with E-state index in [4.69, 9.17) is 23.7 Å². The Bertz CT molecular complexity index is 783. The summed E-state index contributed by atoms with van der Waals surface area (Å²) in [7, 11) is 0. The summed E-state index contributed by atoms with van der Waals surface area (Å²) in [6.45, 7) is 13.0. The number of imide groups is 1. The molecule has 1 saturated carbocycles. The van der Waals surface area contributed by atoms with Gasteiger partial charge in [-0.1, -0.05) is 0 Å². The lowest BCUT2D eigenvalue weighted by molar-refractivity contribution is -0.387. The minimum atomic E-state index is -1.60. The van der Waals surface area contributed by atoms with Crippen LogP contribution in [0.25, 0.3) is 0 Å². The van der Waals surface area contributed by atoms with Crippen LogP contribution in [-0.4, -0.2) is 64.9 Å². The van der Waals surface area contributed by atoms with Crippen LogP contribution < -0.4 is 0 Å². The molecule has 0 aromatic heterocycles. The summed E-state index contributed by atoms with van der Waals surface area (Å²) >= 11 is 0. The molecule has 4 rings (SSSR count). The highest BCUT2D eigenvalue weighted by Crippen LogP contribution is 2.62. The molecule has 6 atom stereocenters. The van der Waals surface area contributed by atoms with Crippen molar-refractivity contribution in [2.24, 2.45) is 17.8 Å². The van der Waals surface area contributed by atoms with Crippen molar-refractivity contribution in [3.63, 3.8) is 0 Å². The quantitative estimate of drug-likeness (QED) is 0.621. The number of rotatable bonds is 2. The fourth-order valence-electron chi connectivity index (χ4n) is 4.59. The predicted octanol–water partition coefficient (Wildman–Crippen LogP) is 2.22. The minimum absolute atomic E-state index is 0.272. The highest BCUT2D eigenvalue weighted by molar-refractivity contribution is 6.02. The van der Waals surface area contributed by atoms with Gasteiger partial charge in [0.05, 0.1) is 30.7 Å². The highest BCUT2D eigenvalue weighted by atomic mass is 16.9. The van der Waals surface area contributed by atoms with E-state index >= 15 is 0 Å². The topological polar surface area (TPSA) is 101 Å². The molecule has 0 aromatic carbocycles. The van der Waals surface area contributed by atoms with Crippen LogP contribution >= 0.6 is 0 Å². The number of amides is 2. The molecule has 30 heavy (non-hydrogen) atoms. The van der Waals surface area contributed by atoms with E-state index in [-0.39, 0.29) is 6.61 Å². The molecule has 3 heterocycles. The van der Waals surface area contributed by atoms with Gasteiger partial charge >= 0.3 is 18.0 Å². The summed E-state index contributed by atoms with van der Waals surface area (Å²) in [6.07, 6.45) is -0.164. The first-order valence-corrected chi connectivity index (χ1v) is 10.4. The first-order valence-electron chi connectivity index (χ1n) is 10.4. The fraction of sp³-hybridized carbons (Fsp3) is 0.857. The fourth-order valence-corrected chi connectivity index (χ4v) is 4.59. The van der Waals surface area contributed by atoms with Gasteiger partial charge in [0.1, 0.15) is 17.2 Å². The Morgan fingerprint density at radius 1 is 1.07 bits per heavy atom. The van der Waals surface area contributed by atoms with Crippen molar-refractivity contribution in [3.8, 4) is 0 Å². The van der Waals surface area contributed by atoms with Gasteiger partial charge in [0.15, 0.2) is 0 Å². The van der Waals surface area contributed by atoms with Gasteiger partial charge in [0.2, 0.25) is 5.91 Å². The molecule has 3 aliphatic heterocycles. The highest BCUT2D eigenvalue weighted by Gasteiger charge is 2.79. The number of esters is 1. The third kappa shape index (κ3) is 3.50. The minimum Gasteiger partial charge on any atom is -0.460 e. The number of ether oxygens (including phenoxy) is 5. The molecule has 4 aliphatic rings. The van der Waals surface area contributed by atoms with Crippen molar-refractivity contribution in [2.75, 3.05) is 13.2 Å². The maximum atomic E-state index is 13.2. The van der Waals surface area contributed by atoms with E-state index in [2.05, 4.69) is 0 Å². The molecule has 2 bridgehead atoms. The van der Waals surface area contributed by atoms with Gasteiger partial charge in [-0.25, -0.2) is 9.69 Å². The van der Waals surface area contributed by atoms with Gasteiger partial charge in [-0.3, -0.25) is 9.59 Å². The SMILES string of the molecule is CC(C)(C)OC(=O)[C@H]1[C@H]2C(=O)N(C(=O)OC(C)(C)C)[C@H]([C@]34OCC[C@](C)(CO3)O4)[C@H]21. The second-order valence-electron chi connectivity index (χ2n) is 10.8. The normalized spacial score (nSPS) is 40.2. The third-order valence-electron chi connectivity index (χ3n) is 5.77. The summed E-state index contributed by atoms with van der Waals surface area (Å²) < 4.78 is 29.0. The number of hydrogen-bond acceptors (Lipinski definition) is 8. The Morgan fingerprint density at radius 2 is 1.70 bits per heavy atom. The van der Waals surface area contributed by atoms with Crippen molar-refractivity contribution in [1.82, 2.24) is 4.90 Å². The molecule has 2 amide bonds. The van der Waals surface area contributed by atoms with Gasteiger partial charge in [0.25, 0.3) is 0 Å².